The lowest BCUT2D eigenvalue weighted by Crippen LogP contribution is -2.70. The van der Waals surface area contributed by atoms with Crippen molar-refractivity contribution in [3.05, 3.63) is 35.6 Å². The van der Waals surface area contributed by atoms with Crippen molar-refractivity contribution in [3.8, 4) is 0 Å². The van der Waals surface area contributed by atoms with E-state index in [1.54, 1.807) is 6.92 Å². The molecule has 5 nitrogen and oxygen atoms in total. The molecule has 2 aliphatic rings. The number of benzene rings is 1. The van der Waals surface area contributed by atoms with Crippen LogP contribution in [0.1, 0.15) is 31.1 Å². The highest BCUT2D eigenvalue weighted by molar-refractivity contribution is 5.94. The van der Waals surface area contributed by atoms with E-state index >= 15 is 0 Å². The van der Waals surface area contributed by atoms with Gasteiger partial charge in [0.05, 0.1) is 0 Å². The number of nitrogens with zero attached hydrogens (tertiary/aromatic N) is 3. The third-order valence-corrected chi connectivity index (χ3v) is 5.09. The average molecular weight is 333 g/mol. The first-order valence-corrected chi connectivity index (χ1v) is 8.35. The summed E-state index contributed by atoms with van der Waals surface area (Å²) >= 11 is 0. The molecule has 0 aliphatic carbocycles. The summed E-state index contributed by atoms with van der Waals surface area (Å²) in [6, 6.07) is 5.80. The maximum Gasteiger partial charge on any atom is 0.253 e. The normalized spacial score (nSPS) is 23.8. The van der Waals surface area contributed by atoms with Crippen LogP contribution in [0.25, 0.3) is 0 Å². The summed E-state index contributed by atoms with van der Waals surface area (Å²) in [7, 11) is 0. The van der Waals surface area contributed by atoms with Gasteiger partial charge in [-0.3, -0.25) is 14.5 Å². The highest BCUT2D eigenvalue weighted by Crippen LogP contribution is 2.28. The lowest BCUT2D eigenvalue weighted by atomic mass is 9.92. The second-order valence-electron chi connectivity index (χ2n) is 7.32. The highest BCUT2D eigenvalue weighted by atomic mass is 19.1. The Morgan fingerprint density at radius 1 is 1.08 bits per heavy atom. The number of carbonyl (C=O) groups excluding carboxylic acids is 2. The van der Waals surface area contributed by atoms with E-state index in [4.69, 9.17) is 0 Å². The van der Waals surface area contributed by atoms with Gasteiger partial charge in [-0.25, -0.2) is 4.39 Å². The van der Waals surface area contributed by atoms with Gasteiger partial charge < -0.3 is 9.80 Å². The van der Waals surface area contributed by atoms with Crippen molar-refractivity contribution in [3.63, 3.8) is 0 Å². The number of hydrogen-bond acceptors (Lipinski definition) is 3. The van der Waals surface area contributed by atoms with Gasteiger partial charge >= 0.3 is 0 Å². The van der Waals surface area contributed by atoms with Crippen molar-refractivity contribution >= 4 is 11.8 Å². The minimum absolute atomic E-state index is 0.0738. The molecule has 24 heavy (non-hydrogen) atoms. The number of halogens is 1. The largest absolute Gasteiger partial charge is 0.339 e. The van der Waals surface area contributed by atoms with E-state index in [-0.39, 0.29) is 29.2 Å². The fourth-order valence-electron chi connectivity index (χ4n) is 3.88. The van der Waals surface area contributed by atoms with E-state index in [9.17, 15) is 14.0 Å². The Kier molecular flexibility index (Phi) is 4.34. The summed E-state index contributed by atoms with van der Waals surface area (Å²) in [5.74, 6) is -0.348. The third-order valence-electron chi connectivity index (χ3n) is 5.09. The first kappa shape index (κ1) is 16.9. The van der Waals surface area contributed by atoms with E-state index < -0.39 is 0 Å². The van der Waals surface area contributed by atoms with Crippen LogP contribution in [0.2, 0.25) is 0 Å². The second-order valence-corrected chi connectivity index (χ2v) is 7.32. The van der Waals surface area contributed by atoms with Gasteiger partial charge in [0.15, 0.2) is 0 Å². The molecule has 0 aromatic heterocycles. The molecule has 130 valence electrons. The van der Waals surface area contributed by atoms with Gasteiger partial charge in [-0.05, 0) is 38.1 Å². The van der Waals surface area contributed by atoms with Crippen molar-refractivity contribution in [2.45, 2.75) is 32.4 Å². The van der Waals surface area contributed by atoms with Crippen LogP contribution in [0.5, 0.6) is 0 Å². The van der Waals surface area contributed by atoms with Crippen LogP contribution < -0.4 is 0 Å². The Morgan fingerprint density at radius 3 is 2.33 bits per heavy atom. The van der Waals surface area contributed by atoms with Crippen molar-refractivity contribution in [2.75, 3.05) is 32.7 Å². The maximum absolute atomic E-state index is 13.0. The molecule has 0 spiro atoms. The number of rotatable bonds is 1. The zero-order valence-electron chi connectivity index (χ0n) is 14.5. The predicted molar refractivity (Wildman–Crippen MR) is 89.1 cm³/mol. The molecule has 0 radical (unpaired) electrons. The summed E-state index contributed by atoms with van der Waals surface area (Å²) < 4.78 is 13.0. The minimum Gasteiger partial charge on any atom is -0.339 e. The Balaban J connectivity index is 1.75. The Hall–Kier alpha value is -1.95. The number of piperazine rings is 2. The monoisotopic (exact) mass is 333 g/mol. The zero-order valence-corrected chi connectivity index (χ0v) is 14.5. The van der Waals surface area contributed by atoms with Gasteiger partial charge in [0.2, 0.25) is 5.91 Å². The molecule has 0 bridgehead atoms. The van der Waals surface area contributed by atoms with Gasteiger partial charge in [-0.15, -0.1) is 0 Å². The van der Waals surface area contributed by atoms with Crippen LogP contribution in [-0.2, 0) is 4.79 Å². The summed E-state index contributed by atoms with van der Waals surface area (Å²) in [5.41, 5.74) is 0.405. The van der Waals surface area contributed by atoms with Gasteiger partial charge in [0.25, 0.3) is 5.91 Å². The molecule has 1 aromatic rings. The molecule has 2 fully saturated rings. The van der Waals surface area contributed by atoms with Crippen LogP contribution in [0.15, 0.2) is 24.3 Å². The van der Waals surface area contributed by atoms with Gasteiger partial charge in [0.1, 0.15) is 5.82 Å². The van der Waals surface area contributed by atoms with Crippen LogP contribution in [0, 0.1) is 5.82 Å². The molecule has 2 aliphatic heterocycles. The fraction of sp³-hybridized carbons (Fsp3) is 0.556. The Labute approximate surface area is 142 Å². The topological polar surface area (TPSA) is 43.9 Å². The van der Waals surface area contributed by atoms with Gasteiger partial charge in [-0.1, -0.05) is 0 Å². The fourth-order valence-corrected chi connectivity index (χ4v) is 3.88. The molecular formula is C18H24FN3O2. The molecule has 1 atom stereocenters. The SMILES string of the molecule is CC(=O)N1C[C@@H]2CN(C(=O)c3ccc(F)cc3)CCN2C(C)(C)C1. The lowest BCUT2D eigenvalue weighted by Gasteiger charge is -2.55. The number of hydrogen-bond donors (Lipinski definition) is 0. The third kappa shape index (κ3) is 3.15. The zero-order chi connectivity index (χ0) is 17.5. The Bertz CT molecular complexity index is 644. The smallest absolute Gasteiger partial charge is 0.253 e. The molecule has 6 heteroatoms. The van der Waals surface area contributed by atoms with Gasteiger partial charge in [0, 0.05) is 56.8 Å². The van der Waals surface area contributed by atoms with Crippen molar-refractivity contribution in [2.24, 2.45) is 0 Å². The van der Waals surface area contributed by atoms with E-state index in [0.29, 0.717) is 31.7 Å². The first-order valence-electron chi connectivity index (χ1n) is 8.35. The van der Waals surface area contributed by atoms with Crippen LogP contribution in [-0.4, -0.2) is 70.8 Å². The summed E-state index contributed by atoms with van der Waals surface area (Å²) in [4.78, 5) is 30.6. The minimum atomic E-state index is -0.345. The lowest BCUT2D eigenvalue weighted by molar-refractivity contribution is -0.138. The molecule has 2 amide bonds. The van der Waals surface area contributed by atoms with Crippen LogP contribution in [0.4, 0.5) is 4.39 Å². The number of amides is 2. The van der Waals surface area contributed by atoms with E-state index in [1.165, 1.54) is 24.3 Å². The van der Waals surface area contributed by atoms with E-state index in [1.807, 2.05) is 9.80 Å². The van der Waals surface area contributed by atoms with Crippen molar-refractivity contribution in [1.29, 1.82) is 0 Å². The van der Waals surface area contributed by atoms with Crippen molar-refractivity contribution < 1.29 is 14.0 Å². The Morgan fingerprint density at radius 2 is 1.71 bits per heavy atom. The van der Waals surface area contributed by atoms with E-state index in [2.05, 4.69) is 18.7 Å². The molecule has 0 saturated carbocycles. The molecule has 2 saturated heterocycles. The number of fused-ring (bicyclic) bond motifs is 1. The second kappa shape index (κ2) is 6.16. The van der Waals surface area contributed by atoms with Crippen LogP contribution >= 0.6 is 0 Å². The predicted octanol–water partition coefficient (Wildman–Crippen LogP) is 1.59. The summed E-state index contributed by atoms with van der Waals surface area (Å²) in [5, 5.41) is 0. The van der Waals surface area contributed by atoms with Gasteiger partial charge in [-0.2, -0.15) is 0 Å². The maximum atomic E-state index is 13.0. The summed E-state index contributed by atoms with van der Waals surface area (Å²) in [6.45, 7) is 9.27. The summed E-state index contributed by atoms with van der Waals surface area (Å²) in [6.07, 6.45) is 0. The average Bonchev–Trinajstić information content (AvgIpc) is 2.53. The van der Waals surface area contributed by atoms with E-state index in [0.717, 1.165) is 6.54 Å². The molecule has 1 aromatic carbocycles. The molecule has 0 unspecified atom stereocenters. The standard InChI is InChI=1S/C18H24FN3O2/c1-13(23)21-11-16-10-20(8-9-22(16)18(2,3)12-21)17(24)14-4-6-15(19)7-5-14/h4-7,16H,8-12H2,1-3H3/t16-/m0/s1. The molecular weight excluding hydrogens is 309 g/mol. The number of carbonyl (C=O) groups is 2. The highest BCUT2D eigenvalue weighted by Gasteiger charge is 2.43. The first-order chi connectivity index (χ1) is 11.3. The molecule has 3 rings (SSSR count). The van der Waals surface area contributed by atoms with Crippen LogP contribution in [0.3, 0.4) is 0 Å². The van der Waals surface area contributed by atoms with Crippen molar-refractivity contribution in [1.82, 2.24) is 14.7 Å². The molecule has 2 heterocycles. The quantitative estimate of drug-likeness (QED) is 0.784. The molecule has 0 N–H and O–H groups in total.